The molecule has 4 aromatic carbocycles. The Kier molecular flexibility index (Phi) is 7.90. The largest absolute Gasteiger partial charge is 0.494 e. The molecular weight excluding hydrogens is 580 g/mol. The molecule has 0 aliphatic carbocycles. The summed E-state index contributed by atoms with van der Waals surface area (Å²) in [6.07, 6.45) is 0.389. The molecule has 0 spiro atoms. The lowest BCUT2D eigenvalue weighted by molar-refractivity contribution is -0.140. The third kappa shape index (κ3) is 5.65. The average molecular weight is 612 g/mol. The predicted molar refractivity (Wildman–Crippen MR) is 162 cm³/mol. The summed E-state index contributed by atoms with van der Waals surface area (Å²) in [5.74, 6) is 1.10. The van der Waals surface area contributed by atoms with Crippen molar-refractivity contribution >= 4 is 27.7 Å². The Morgan fingerprint density at radius 3 is 2.41 bits per heavy atom. The van der Waals surface area contributed by atoms with Crippen LogP contribution in [0.25, 0.3) is 0 Å². The maximum Gasteiger partial charge on any atom is 0.255 e. The van der Waals surface area contributed by atoms with Crippen LogP contribution < -0.4 is 4.74 Å². The smallest absolute Gasteiger partial charge is 0.255 e. The first kappa shape index (κ1) is 27.2. The zero-order valence-corrected chi connectivity index (χ0v) is 24.2. The summed E-state index contributed by atoms with van der Waals surface area (Å²) in [6, 6.07) is 33.8. The third-order valence-electron chi connectivity index (χ3n) is 7.60. The van der Waals surface area contributed by atoms with Gasteiger partial charge in [-0.15, -0.1) is 0 Å². The molecule has 2 aliphatic heterocycles. The molecule has 1 amide bonds. The van der Waals surface area contributed by atoms with Crippen molar-refractivity contribution in [1.29, 1.82) is 0 Å². The van der Waals surface area contributed by atoms with Gasteiger partial charge in [0.15, 0.2) is 11.6 Å². The standard InChI is InChI=1S/C34H31BrN2O4/c35-28-15-11-24(12-16-28)21-34-31(41-32(36-34)26-13-17-29(18-14-26)40-20-6-19-38)30-10-5-4-9-27(30)23-37(33(34)39)22-25-7-2-1-3-8-25/h1-5,7-18,31,38H,6,19-23H2/t31-,34-/m1/s1. The Hall–Kier alpha value is -3.94. The molecule has 41 heavy (non-hydrogen) atoms. The van der Waals surface area contributed by atoms with E-state index in [1.807, 2.05) is 95.9 Å². The van der Waals surface area contributed by atoms with Crippen molar-refractivity contribution in [3.05, 3.63) is 135 Å². The summed E-state index contributed by atoms with van der Waals surface area (Å²) in [5, 5.41) is 9.04. The number of carbonyl (C=O) groups excluding carboxylic acids is 1. The molecule has 0 fully saturated rings. The van der Waals surface area contributed by atoms with Crippen molar-refractivity contribution in [1.82, 2.24) is 4.90 Å². The topological polar surface area (TPSA) is 71.4 Å². The van der Waals surface area contributed by atoms with Crippen molar-refractivity contribution in [3.8, 4) is 5.75 Å². The van der Waals surface area contributed by atoms with E-state index < -0.39 is 11.6 Å². The van der Waals surface area contributed by atoms with E-state index in [-0.39, 0.29) is 12.5 Å². The van der Waals surface area contributed by atoms with Gasteiger partial charge in [0.2, 0.25) is 5.90 Å². The van der Waals surface area contributed by atoms with E-state index in [1.54, 1.807) is 0 Å². The number of fused-ring (bicyclic) bond motifs is 3. The minimum absolute atomic E-state index is 0.0515. The average Bonchev–Trinajstić information content (AvgIpc) is 3.35. The van der Waals surface area contributed by atoms with Crippen molar-refractivity contribution < 1.29 is 19.4 Å². The van der Waals surface area contributed by atoms with Gasteiger partial charge in [-0.2, -0.15) is 0 Å². The van der Waals surface area contributed by atoms with Crippen LogP contribution in [0.3, 0.4) is 0 Å². The first-order valence-electron chi connectivity index (χ1n) is 13.8. The number of ether oxygens (including phenoxy) is 2. The highest BCUT2D eigenvalue weighted by Crippen LogP contribution is 2.47. The van der Waals surface area contributed by atoms with Crippen LogP contribution in [0.1, 0.15) is 40.3 Å². The highest BCUT2D eigenvalue weighted by molar-refractivity contribution is 9.10. The summed E-state index contributed by atoms with van der Waals surface area (Å²) in [4.78, 5) is 21.9. The molecule has 2 aliphatic rings. The number of halogens is 1. The van der Waals surface area contributed by atoms with Gasteiger partial charge in [-0.25, -0.2) is 4.99 Å². The molecule has 2 atom stereocenters. The van der Waals surface area contributed by atoms with Gasteiger partial charge < -0.3 is 19.5 Å². The van der Waals surface area contributed by atoms with E-state index >= 15 is 0 Å². The van der Waals surface area contributed by atoms with E-state index in [2.05, 4.69) is 28.1 Å². The lowest BCUT2D eigenvalue weighted by atomic mass is 9.81. The zero-order valence-electron chi connectivity index (χ0n) is 22.6. The van der Waals surface area contributed by atoms with Gasteiger partial charge in [0, 0.05) is 48.1 Å². The number of hydrogen-bond donors (Lipinski definition) is 1. The van der Waals surface area contributed by atoms with Crippen LogP contribution in [0, 0.1) is 0 Å². The van der Waals surface area contributed by atoms with Crippen LogP contribution in [0.15, 0.2) is 113 Å². The fourth-order valence-corrected chi connectivity index (χ4v) is 5.84. The fourth-order valence-electron chi connectivity index (χ4n) is 5.57. The second-order valence-corrected chi connectivity index (χ2v) is 11.4. The van der Waals surface area contributed by atoms with Gasteiger partial charge in [0.1, 0.15) is 5.75 Å². The summed E-state index contributed by atoms with van der Waals surface area (Å²) in [5.41, 5.74) is 3.71. The normalized spacial score (nSPS) is 19.6. The van der Waals surface area contributed by atoms with Gasteiger partial charge in [-0.05, 0) is 53.1 Å². The summed E-state index contributed by atoms with van der Waals surface area (Å²) < 4.78 is 13.4. The second kappa shape index (κ2) is 11.9. The first-order chi connectivity index (χ1) is 20.1. The Balaban J connectivity index is 1.44. The lowest BCUT2D eigenvalue weighted by Gasteiger charge is -2.32. The molecule has 0 radical (unpaired) electrons. The highest BCUT2D eigenvalue weighted by atomic mass is 79.9. The lowest BCUT2D eigenvalue weighted by Crippen LogP contribution is -2.49. The van der Waals surface area contributed by atoms with Crippen LogP contribution in [0.2, 0.25) is 0 Å². The molecule has 208 valence electrons. The van der Waals surface area contributed by atoms with E-state index in [9.17, 15) is 4.79 Å². The molecule has 2 heterocycles. The Labute approximate surface area is 248 Å². The van der Waals surface area contributed by atoms with Crippen molar-refractivity contribution in [3.63, 3.8) is 0 Å². The van der Waals surface area contributed by atoms with Gasteiger partial charge in [-0.1, -0.05) is 82.7 Å². The fraction of sp³-hybridized carbons (Fsp3) is 0.235. The SMILES string of the molecule is O=C1N(Cc2ccccc2)Cc2ccccc2[C@H]2OC(c3ccc(OCCCO)cc3)=N[C@@]12Cc1ccc(Br)cc1. The van der Waals surface area contributed by atoms with Crippen LogP contribution in [-0.2, 0) is 29.0 Å². The van der Waals surface area contributed by atoms with E-state index in [4.69, 9.17) is 19.6 Å². The van der Waals surface area contributed by atoms with Crippen LogP contribution in [0.4, 0.5) is 0 Å². The molecule has 0 saturated carbocycles. The summed E-state index contributed by atoms with van der Waals surface area (Å²) in [6.45, 7) is 1.49. The Morgan fingerprint density at radius 2 is 1.66 bits per heavy atom. The number of aliphatic imine (C=N–C) groups is 1. The molecule has 4 aromatic rings. The molecule has 1 N–H and O–H groups in total. The quantitative estimate of drug-likeness (QED) is 0.227. The molecule has 0 saturated heterocycles. The maximum atomic E-state index is 14.8. The number of amides is 1. The van der Waals surface area contributed by atoms with Gasteiger partial charge in [-0.3, -0.25) is 4.79 Å². The second-order valence-electron chi connectivity index (χ2n) is 10.4. The summed E-state index contributed by atoms with van der Waals surface area (Å²) >= 11 is 3.53. The molecule has 7 heteroatoms. The molecule has 0 bridgehead atoms. The monoisotopic (exact) mass is 610 g/mol. The Morgan fingerprint density at radius 1 is 0.927 bits per heavy atom. The molecule has 0 unspecified atom stereocenters. The highest BCUT2D eigenvalue weighted by Gasteiger charge is 2.56. The third-order valence-corrected chi connectivity index (χ3v) is 8.12. The van der Waals surface area contributed by atoms with Gasteiger partial charge >= 0.3 is 0 Å². The van der Waals surface area contributed by atoms with Crippen molar-refractivity contribution in [2.45, 2.75) is 37.6 Å². The number of aliphatic hydroxyl groups excluding tert-OH is 1. The van der Waals surface area contributed by atoms with Crippen LogP contribution in [-0.4, -0.2) is 40.6 Å². The molecular formula is C34H31BrN2O4. The van der Waals surface area contributed by atoms with Gasteiger partial charge in [0.25, 0.3) is 5.91 Å². The van der Waals surface area contributed by atoms with Gasteiger partial charge in [0.05, 0.1) is 6.61 Å². The van der Waals surface area contributed by atoms with Crippen LogP contribution in [0.5, 0.6) is 5.75 Å². The number of carbonyl (C=O) groups is 1. The number of hydrogen-bond acceptors (Lipinski definition) is 5. The minimum atomic E-state index is -1.18. The molecule has 6 nitrogen and oxygen atoms in total. The van der Waals surface area contributed by atoms with E-state index in [0.29, 0.717) is 44.2 Å². The van der Waals surface area contributed by atoms with E-state index in [1.165, 1.54) is 0 Å². The zero-order chi connectivity index (χ0) is 28.2. The van der Waals surface area contributed by atoms with E-state index in [0.717, 1.165) is 32.3 Å². The number of aliphatic hydroxyl groups is 1. The number of rotatable bonds is 9. The molecule has 6 rings (SSSR count). The van der Waals surface area contributed by atoms with Crippen LogP contribution >= 0.6 is 15.9 Å². The number of benzene rings is 4. The van der Waals surface area contributed by atoms with Crippen molar-refractivity contribution in [2.75, 3.05) is 13.2 Å². The summed E-state index contributed by atoms with van der Waals surface area (Å²) in [7, 11) is 0. The van der Waals surface area contributed by atoms with Crippen molar-refractivity contribution in [2.24, 2.45) is 4.99 Å². The number of nitrogens with zero attached hydrogens (tertiary/aromatic N) is 2. The maximum absolute atomic E-state index is 14.8. The first-order valence-corrected chi connectivity index (χ1v) is 14.6. The molecule has 0 aromatic heterocycles. The minimum Gasteiger partial charge on any atom is -0.494 e. The Bertz CT molecular complexity index is 1540. The predicted octanol–water partition coefficient (Wildman–Crippen LogP) is 6.25.